The molecule has 0 aliphatic carbocycles. The molecule has 12 heteroatoms. The van der Waals surface area contributed by atoms with Gasteiger partial charge in [-0.15, -0.1) is 11.8 Å². The molecular formula is C24H22ClFN4O5S. The Hall–Kier alpha value is -3.57. The van der Waals surface area contributed by atoms with Crippen LogP contribution in [0, 0.1) is 5.82 Å². The van der Waals surface area contributed by atoms with E-state index in [1.54, 1.807) is 18.3 Å². The van der Waals surface area contributed by atoms with Crippen molar-refractivity contribution in [3.05, 3.63) is 71.1 Å². The Morgan fingerprint density at radius 2 is 1.97 bits per heavy atom. The third kappa shape index (κ3) is 5.63. The predicted molar refractivity (Wildman–Crippen MR) is 134 cm³/mol. The molecule has 2 unspecified atom stereocenters. The first-order valence-electron chi connectivity index (χ1n) is 10.8. The predicted octanol–water partition coefficient (Wildman–Crippen LogP) is 4.70. The molecule has 3 aromatic rings. The standard InChI is InChI=1S/C24H22ClFN4O5S/c1-30(22(33)28-12-16-7-4-8-17(26)21(16)25)24(10-20(31)32)18(36-24)13-35-23(34)29-19-9-14-5-2-3-6-15(14)11-27-19/h2-9,11,18H,10,12-13H2,1H3,(H,28,33)(H,31,32)(H,27,29,34). The number of pyridine rings is 1. The summed E-state index contributed by atoms with van der Waals surface area (Å²) >= 11 is 7.13. The number of carboxylic acids is 1. The highest BCUT2D eigenvalue weighted by molar-refractivity contribution is 8.08. The molecule has 1 aliphatic rings. The van der Waals surface area contributed by atoms with Crippen LogP contribution in [0.3, 0.4) is 0 Å². The number of aliphatic carboxylic acids is 1. The van der Waals surface area contributed by atoms with E-state index < -0.39 is 34.0 Å². The lowest BCUT2D eigenvalue weighted by Gasteiger charge is -2.27. The number of urea groups is 1. The molecule has 1 aliphatic heterocycles. The van der Waals surface area contributed by atoms with Gasteiger partial charge in [-0.1, -0.05) is 48.0 Å². The molecule has 36 heavy (non-hydrogen) atoms. The number of ether oxygens (including phenoxy) is 1. The summed E-state index contributed by atoms with van der Waals surface area (Å²) in [6, 6.07) is 12.9. The summed E-state index contributed by atoms with van der Waals surface area (Å²) in [5, 5.41) is 15.8. The van der Waals surface area contributed by atoms with E-state index in [0.717, 1.165) is 10.8 Å². The number of halogens is 2. The molecule has 3 N–H and O–H groups in total. The van der Waals surface area contributed by atoms with Crippen molar-refractivity contribution in [2.24, 2.45) is 0 Å². The van der Waals surface area contributed by atoms with Crippen LogP contribution < -0.4 is 10.6 Å². The number of thioether (sulfide) groups is 1. The van der Waals surface area contributed by atoms with Crippen molar-refractivity contribution in [1.82, 2.24) is 15.2 Å². The zero-order chi connectivity index (χ0) is 25.9. The van der Waals surface area contributed by atoms with Gasteiger partial charge in [0.2, 0.25) is 0 Å². The van der Waals surface area contributed by atoms with Crippen LogP contribution in [0.4, 0.5) is 19.8 Å². The minimum atomic E-state index is -1.11. The van der Waals surface area contributed by atoms with Crippen LogP contribution in [0.5, 0.6) is 0 Å². The molecule has 4 rings (SSSR count). The van der Waals surface area contributed by atoms with E-state index in [2.05, 4.69) is 15.6 Å². The van der Waals surface area contributed by atoms with Crippen molar-refractivity contribution in [3.63, 3.8) is 0 Å². The van der Waals surface area contributed by atoms with Crippen molar-refractivity contribution in [2.45, 2.75) is 23.1 Å². The monoisotopic (exact) mass is 532 g/mol. The van der Waals surface area contributed by atoms with E-state index in [4.69, 9.17) is 16.3 Å². The highest BCUT2D eigenvalue weighted by Gasteiger charge is 2.62. The lowest BCUT2D eigenvalue weighted by atomic mass is 10.1. The van der Waals surface area contributed by atoms with Gasteiger partial charge in [0.25, 0.3) is 0 Å². The maximum Gasteiger partial charge on any atom is 0.412 e. The number of carboxylic acid groups (broad SMARTS) is 1. The molecule has 0 saturated carbocycles. The van der Waals surface area contributed by atoms with Gasteiger partial charge in [-0.2, -0.15) is 0 Å². The molecule has 1 saturated heterocycles. The van der Waals surface area contributed by atoms with Crippen molar-refractivity contribution in [2.75, 3.05) is 19.0 Å². The Balaban J connectivity index is 1.34. The molecule has 0 spiro atoms. The Morgan fingerprint density at radius 1 is 1.22 bits per heavy atom. The van der Waals surface area contributed by atoms with Crippen LogP contribution in [-0.2, 0) is 16.1 Å². The fraction of sp³-hybridized carbons (Fsp3) is 0.250. The average molecular weight is 533 g/mol. The summed E-state index contributed by atoms with van der Waals surface area (Å²) in [5.41, 5.74) is 0.382. The highest BCUT2D eigenvalue weighted by atomic mass is 35.5. The Labute approximate surface area is 215 Å². The van der Waals surface area contributed by atoms with Crippen LogP contribution >= 0.6 is 23.4 Å². The number of amides is 3. The third-order valence-corrected chi connectivity index (χ3v) is 7.85. The molecule has 0 bridgehead atoms. The van der Waals surface area contributed by atoms with Gasteiger partial charge in [0.05, 0.1) is 16.7 Å². The van der Waals surface area contributed by atoms with Gasteiger partial charge in [0.1, 0.15) is 23.1 Å². The van der Waals surface area contributed by atoms with Crippen LogP contribution in [-0.4, -0.2) is 56.9 Å². The summed E-state index contributed by atoms with van der Waals surface area (Å²) in [7, 11) is 1.46. The lowest BCUT2D eigenvalue weighted by Crippen LogP contribution is -2.48. The molecule has 2 atom stereocenters. The summed E-state index contributed by atoms with van der Waals surface area (Å²) in [6.45, 7) is -0.166. The van der Waals surface area contributed by atoms with Gasteiger partial charge in [-0.25, -0.2) is 19.0 Å². The SMILES string of the molecule is CN(C(=O)NCc1cccc(F)c1Cl)C1(CC(=O)O)SC1COC(=O)Nc1cc2ccccc2cn1. The number of aromatic nitrogens is 1. The first-order valence-corrected chi connectivity index (χ1v) is 12.1. The number of nitrogens with zero attached hydrogens (tertiary/aromatic N) is 2. The van der Waals surface area contributed by atoms with Crippen LogP contribution in [0.1, 0.15) is 12.0 Å². The largest absolute Gasteiger partial charge is 0.481 e. The molecule has 1 fully saturated rings. The van der Waals surface area contributed by atoms with E-state index in [1.165, 1.54) is 35.8 Å². The molecule has 3 amide bonds. The maximum atomic E-state index is 13.6. The van der Waals surface area contributed by atoms with Gasteiger partial charge in [0, 0.05) is 25.2 Å². The minimum Gasteiger partial charge on any atom is -0.481 e. The molecular weight excluding hydrogens is 511 g/mol. The fourth-order valence-electron chi connectivity index (χ4n) is 3.75. The smallest absolute Gasteiger partial charge is 0.412 e. The Kier molecular flexibility index (Phi) is 7.51. The summed E-state index contributed by atoms with van der Waals surface area (Å²) in [4.78, 5) is 40.9. The summed E-state index contributed by atoms with van der Waals surface area (Å²) in [5.74, 6) is -1.40. The van der Waals surface area contributed by atoms with Gasteiger partial charge in [-0.05, 0) is 23.1 Å². The van der Waals surface area contributed by atoms with Crippen LogP contribution in [0.15, 0.2) is 54.7 Å². The van der Waals surface area contributed by atoms with Crippen molar-refractivity contribution >= 4 is 58.0 Å². The van der Waals surface area contributed by atoms with Gasteiger partial charge < -0.3 is 20.1 Å². The maximum absolute atomic E-state index is 13.6. The van der Waals surface area contributed by atoms with E-state index >= 15 is 0 Å². The zero-order valence-electron chi connectivity index (χ0n) is 19.0. The quantitative estimate of drug-likeness (QED) is 0.359. The van der Waals surface area contributed by atoms with Gasteiger partial charge in [-0.3, -0.25) is 10.1 Å². The summed E-state index contributed by atoms with van der Waals surface area (Å²) in [6.07, 6.45) is 0.524. The van der Waals surface area contributed by atoms with E-state index in [9.17, 15) is 23.9 Å². The molecule has 2 heterocycles. The second kappa shape index (κ2) is 10.6. The molecule has 2 aromatic carbocycles. The molecule has 1 aromatic heterocycles. The molecule has 188 valence electrons. The lowest BCUT2D eigenvalue weighted by molar-refractivity contribution is -0.138. The van der Waals surface area contributed by atoms with E-state index in [1.807, 2.05) is 24.3 Å². The van der Waals surface area contributed by atoms with Crippen LogP contribution in [0.25, 0.3) is 10.8 Å². The topological polar surface area (TPSA) is 121 Å². The van der Waals surface area contributed by atoms with Gasteiger partial charge >= 0.3 is 18.1 Å². The zero-order valence-corrected chi connectivity index (χ0v) is 20.6. The van der Waals surface area contributed by atoms with Crippen molar-refractivity contribution < 1.29 is 28.6 Å². The molecule has 9 nitrogen and oxygen atoms in total. The highest BCUT2D eigenvalue weighted by Crippen LogP contribution is 2.57. The van der Waals surface area contributed by atoms with Gasteiger partial charge in [0.15, 0.2) is 0 Å². The second-order valence-corrected chi connectivity index (χ2v) is 9.98. The van der Waals surface area contributed by atoms with Crippen molar-refractivity contribution in [3.8, 4) is 0 Å². The van der Waals surface area contributed by atoms with Crippen molar-refractivity contribution in [1.29, 1.82) is 0 Å². The second-order valence-electron chi connectivity index (χ2n) is 8.09. The number of hydrogen-bond donors (Lipinski definition) is 3. The van der Waals surface area contributed by atoms with Crippen LogP contribution in [0.2, 0.25) is 5.02 Å². The number of nitrogens with one attached hydrogen (secondary N) is 2. The fourth-order valence-corrected chi connectivity index (χ4v) is 5.26. The Bertz CT molecular complexity index is 1330. The third-order valence-electron chi connectivity index (χ3n) is 5.76. The number of carbonyl (C=O) groups is 3. The Morgan fingerprint density at radius 3 is 2.72 bits per heavy atom. The number of benzene rings is 2. The minimum absolute atomic E-state index is 0.0457. The number of anilines is 1. The summed E-state index contributed by atoms with van der Waals surface area (Å²) < 4.78 is 18.9. The number of rotatable bonds is 8. The first-order chi connectivity index (χ1) is 17.2. The van der Waals surface area contributed by atoms with E-state index in [0.29, 0.717) is 11.4 Å². The normalized spacial score (nSPS) is 18.4. The number of fused-ring (bicyclic) bond motifs is 1. The number of carbonyl (C=O) groups excluding carboxylic acids is 2. The average Bonchev–Trinajstić information content (AvgIpc) is 3.55. The van der Waals surface area contributed by atoms with E-state index in [-0.39, 0.29) is 24.6 Å². The first kappa shape index (κ1) is 25.5. The number of hydrogen-bond acceptors (Lipinski definition) is 6. The molecule has 0 radical (unpaired) electrons.